The standard InChI is InChI=1S/C19H29NO2/c1-18(2,3)12-16(21)13-20(7)17(22)14-8-10-15(11-9-14)19(4,5)6/h8-11H,12-13H2,1-7H3. The van der Waals surface area contributed by atoms with E-state index >= 15 is 0 Å². The van der Waals surface area contributed by atoms with Crippen molar-refractivity contribution in [2.24, 2.45) is 5.41 Å². The molecule has 1 aromatic rings. The minimum absolute atomic E-state index is 0.0463. The number of hydrogen-bond donors (Lipinski definition) is 0. The number of hydrogen-bond acceptors (Lipinski definition) is 2. The minimum atomic E-state index is -0.109. The fourth-order valence-corrected chi connectivity index (χ4v) is 2.32. The summed E-state index contributed by atoms with van der Waals surface area (Å²) in [6.45, 7) is 12.7. The van der Waals surface area contributed by atoms with Crippen LogP contribution < -0.4 is 0 Å². The summed E-state index contributed by atoms with van der Waals surface area (Å²) in [5, 5.41) is 0. The van der Waals surface area contributed by atoms with Gasteiger partial charge in [-0.15, -0.1) is 0 Å². The van der Waals surface area contributed by atoms with Gasteiger partial charge in [0.1, 0.15) is 0 Å². The van der Waals surface area contributed by atoms with Crippen LogP contribution in [0.5, 0.6) is 0 Å². The summed E-state index contributed by atoms with van der Waals surface area (Å²) in [6, 6.07) is 7.65. The molecule has 0 aromatic heterocycles. The second-order valence-electron chi connectivity index (χ2n) is 8.26. The second kappa shape index (κ2) is 6.64. The van der Waals surface area contributed by atoms with E-state index in [1.165, 1.54) is 10.5 Å². The van der Waals surface area contributed by atoms with Gasteiger partial charge in [0.25, 0.3) is 5.91 Å². The molecule has 0 aliphatic heterocycles. The van der Waals surface area contributed by atoms with Crippen LogP contribution in [0.15, 0.2) is 24.3 Å². The molecule has 3 heteroatoms. The van der Waals surface area contributed by atoms with Crippen LogP contribution in [0, 0.1) is 5.41 Å². The molecule has 1 aromatic carbocycles. The second-order valence-corrected chi connectivity index (χ2v) is 8.26. The summed E-state index contributed by atoms with van der Waals surface area (Å²) in [4.78, 5) is 25.9. The highest BCUT2D eigenvalue weighted by Gasteiger charge is 2.20. The predicted molar refractivity (Wildman–Crippen MR) is 91.2 cm³/mol. The normalized spacial score (nSPS) is 12.1. The van der Waals surface area contributed by atoms with Crippen molar-refractivity contribution in [3.8, 4) is 0 Å². The van der Waals surface area contributed by atoms with Gasteiger partial charge in [0.2, 0.25) is 0 Å². The molecule has 0 saturated heterocycles. The molecule has 0 bridgehead atoms. The fraction of sp³-hybridized carbons (Fsp3) is 0.579. The summed E-state index contributed by atoms with van der Waals surface area (Å²) < 4.78 is 0. The van der Waals surface area contributed by atoms with Gasteiger partial charge in [-0.1, -0.05) is 53.7 Å². The first-order valence-electron chi connectivity index (χ1n) is 7.78. The predicted octanol–water partition coefficient (Wildman–Crippen LogP) is 4.06. The molecule has 0 fully saturated rings. The van der Waals surface area contributed by atoms with Crippen molar-refractivity contribution in [1.82, 2.24) is 4.90 Å². The van der Waals surface area contributed by atoms with Gasteiger partial charge in [0.15, 0.2) is 5.78 Å². The van der Waals surface area contributed by atoms with Gasteiger partial charge >= 0.3 is 0 Å². The highest BCUT2D eigenvalue weighted by molar-refractivity contribution is 5.96. The van der Waals surface area contributed by atoms with Crippen LogP contribution >= 0.6 is 0 Å². The van der Waals surface area contributed by atoms with Gasteiger partial charge in [0, 0.05) is 19.0 Å². The lowest BCUT2D eigenvalue weighted by molar-refractivity contribution is -0.121. The lowest BCUT2D eigenvalue weighted by Crippen LogP contribution is -2.33. The fourth-order valence-electron chi connectivity index (χ4n) is 2.32. The van der Waals surface area contributed by atoms with Gasteiger partial charge in [0.05, 0.1) is 6.54 Å². The summed E-state index contributed by atoms with van der Waals surface area (Å²) in [5.41, 5.74) is 1.83. The molecule has 0 aliphatic rings. The molecule has 0 N–H and O–H groups in total. The van der Waals surface area contributed by atoms with E-state index in [0.717, 1.165) is 0 Å². The van der Waals surface area contributed by atoms with E-state index in [1.807, 2.05) is 45.0 Å². The number of amides is 1. The molecule has 0 spiro atoms. The lowest BCUT2D eigenvalue weighted by atomic mass is 9.86. The number of nitrogens with zero attached hydrogens (tertiary/aromatic N) is 1. The number of benzene rings is 1. The van der Waals surface area contributed by atoms with Crippen molar-refractivity contribution in [3.63, 3.8) is 0 Å². The number of Topliss-reactive ketones (excluding diaryl/α,β-unsaturated/α-hetero) is 1. The summed E-state index contributed by atoms with van der Waals surface area (Å²) in [7, 11) is 1.68. The highest BCUT2D eigenvalue weighted by Crippen LogP contribution is 2.22. The molecule has 1 rings (SSSR count). The third-order valence-corrected chi connectivity index (χ3v) is 3.49. The average Bonchev–Trinajstić information content (AvgIpc) is 2.34. The Bertz CT molecular complexity index is 530. The molecule has 1 amide bonds. The molecule has 0 atom stereocenters. The Balaban J connectivity index is 2.73. The number of carbonyl (C=O) groups excluding carboxylic acids is 2. The Morgan fingerprint density at radius 1 is 0.955 bits per heavy atom. The minimum Gasteiger partial charge on any atom is -0.334 e. The Labute approximate surface area is 134 Å². The van der Waals surface area contributed by atoms with E-state index in [-0.39, 0.29) is 29.1 Å². The van der Waals surface area contributed by atoms with Crippen LogP contribution in [0.1, 0.15) is 63.9 Å². The van der Waals surface area contributed by atoms with Crippen LogP contribution in [0.3, 0.4) is 0 Å². The lowest BCUT2D eigenvalue weighted by Gasteiger charge is -2.22. The molecular formula is C19H29NO2. The van der Waals surface area contributed by atoms with Gasteiger partial charge in [-0.05, 0) is 28.5 Å². The summed E-state index contributed by atoms with van der Waals surface area (Å²) in [5.74, 6) is -0.0163. The van der Waals surface area contributed by atoms with Crippen molar-refractivity contribution in [3.05, 3.63) is 35.4 Å². The Hall–Kier alpha value is -1.64. The quantitative estimate of drug-likeness (QED) is 0.841. The molecule has 0 unspecified atom stereocenters. The first kappa shape index (κ1) is 18.4. The Morgan fingerprint density at radius 3 is 1.86 bits per heavy atom. The zero-order valence-electron chi connectivity index (χ0n) is 15.0. The van der Waals surface area contributed by atoms with Gasteiger partial charge in [-0.25, -0.2) is 0 Å². The van der Waals surface area contributed by atoms with E-state index in [9.17, 15) is 9.59 Å². The van der Waals surface area contributed by atoms with Gasteiger partial charge in [-0.2, -0.15) is 0 Å². The molecule has 0 heterocycles. The van der Waals surface area contributed by atoms with E-state index in [4.69, 9.17) is 0 Å². The third-order valence-electron chi connectivity index (χ3n) is 3.49. The van der Waals surface area contributed by atoms with Crippen LogP contribution in [0.25, 0.3) is 0 Å². The summed E-state index contributed by atoms with van der Waals surface area (Å²) >= 11 is 0. The topological polar surface area (TPSA) is 37.4 Å². The first-order chi connectivity index (χ1) is 9.90. The average molecular weight is 303 g/mol. The molecular weight excluding hydrogens is 274 g/mol. The van der Waals surface area contributed by atoms with Crippen molar-refractivity contribution in [2.75, 3.05) is 13.6 Å². The zero-order chi connectivity index (χ0) is 17.1. The molecule has 0 saturated carbocycles. The monoisotopic (exact) mass is 303 g/mol. The maximum atomic E-state index is 12.4. The maximum absolute atomic E-state index is 12.4. The van der Waals surface area contributed by atoms with Crippen LogP contribution in [-0.2, 0) is 10.2 Å². The molecule has 3 nitrogen and oxygen atoms in total. The SMILES string of the molecule is CN(CC(=O)CC(C)(C)C)C(=O)c1ccc(C(C)(C)C)cc1. The molecule has 122 valence electrons. The number of likely N-dealkylation sites (N-methyl/N-ethyl adjacent to an activating group) is 1. The largest absolute Gasteiger partial charge is 0.334 e. The maximum Gasteiger partial charge on any atom is 0.253 e. The van der Waals surface area contributed by atoms with E-state index in [2.05, 4.69) is 20.8 Å². The van der Waals surface area contributed by atoms with Crippen LogP contribution in [0.4, 0.5) is 0 Å². The third kappa shape index (κ3) is 5.63. The summed E-state index contributed by atoms with van der Waals surface area (Å²) in [6.07, 6.45) is 0.480. The van der Waals surface area contributed by atoms with Crippen molar-refractivity contribution in [1.29, 1.82) is 0 Å². The van der Waals surface area contributed by atoms with Crippen molar-refractivity contribution in [2.45, 2.75) is 53.4 Å². The van der Waals surface area contributed by atoms with Gasteiger partial charge < -0.3 is 4.90 Å². The van der Waals surface area contributed by atoms with Gasteiger partial charge in [-0.3, -0.25) is 9.59 Å². The highest BCUT2D eigenvalue weighted by atomic mass is 16.2. The number of rotatable bonds is 4. The Morgan fingerprint density at radius 2 is 1.45 bits per heavy atom. The van der Waals surface area contributed by atoms with Crippen LogP contribution in [0.2, 0.25) is 0 Å². The van der Waals surface area contributed by atoms with E-state index in [0.29, 0.717) is 12.0 Å². The number of ketones is 1. The van der Waals surface area contributed by atoms with Crippen LogP contribution in [-0.4, -0.2) is 30.2 Å². The number of carbonyl (C=O) groups is 2. The molecule has 22 heavy (non-hydrogen) atoms. The van der Waals surface area contributed by atoms with Crippen molar-refractivity contribution >= 4 is 11.7 Å². The van der Waals surface area contributed by atoms with E-state index in [1.54, 1.807) is 7.05 Å². The Kier molecular flexibility index (Phi) is 5.55. The molecule has 0 radical (unpaired) electrons. The first-order valence-corrected chi connectivity index (χ1v) is 7.78. The van der Waals surface area contributed by atoms with E-state index < -0.39 is 0 Å². The van der Waals surface area contributed by atoms with Crippen molar-refractivity contribution < 1.29 is 9.59 Å². The zero-order valence-corrected chi connectivity index (χ0v) is 15.0. The molecule has 0 aliphatic carbocycles. The smallest absolute Gasteiger partial charge is 0.253 e.